The second-order valence-corrected chi connectivity index (χ2v) is 7.27. The summed E-state index contributed by atoms with van der Waals surface area (Å²) in [5.41, 5.74) is 2.13. The average molecular weight is 434 g/mol. The van der Waals surface area contributed by atoms with E-state index in [0.717, 1.165) is 0 Å². The van der Waals surface area contributed by atoms with Gasteiger partial charge >= 0.3 is 12.0 Å². The van der Waals surface area contributed by atoms with E-state index in [1.54, 1.807) is 54.5 Å². The van der Waals surface area contributed by atoms with Gasteiger partial charge in [0.05, 0.1) is 28.5 Å². The largest absolute Gasteiger partial charge is 0.478 e. The molecule has 10 nitrogen and oxygen atoms in total. The number of carboxylic acids is 1. The van der Waals surface area contributed by atoms with Crippen molar-refractivity contribution in [1.82, 2.24) is 20.2 Å². The van der Waals surface area contributed by atoms with Crippen molar-refractivity contribution in [2.75, 3.05) is 43.4 Å². The monoisotopic (exact) mass is 434 g/mol. The highest BCUT2D eigenvalue weighted by molar-refractivity contribution is 6.00. The molecule has 0 spiro atoms. The zero-order chi connectivity index (χ0) is 22.7. The van der Waals surface area contributed by atoms with E-state index in [9.17, 15) is 19.5 Å². The van der Waals surface area contributed by atoms with Crippen molar-refractivity contribution in [3.63, 3.8) is 0 Å². The number of nitrogens with one attached hydrogen (secondary N) is 2. The molecular weight excluding hydrogens is 412 g/mol. The van der Waals surface area contributed by atoms with Crippen LogP contribution in [0.3, 0.4) is 0 Å². The Balaban J connectivity index is 1.43. The zero-order valence-electron chi connectivity index (χ0n) is 17.4. The number of carbonyl (C=O) groups excluding carboxylic acids is 2. The smallest absolute Gasteiger partial charge is 0.337 e. The van der Waals surface area contributed by atoms with E-state index in [0.29, 0.717) is 48.6 Å². The van der Waals surface area contributed by atoms with Crippen LogP contribution in [0.1, 0.15) is 20.7 Å². The van der Waals surface area contributed by atoms with Crippen LogP contribution in [0, 0.1) is 0 Å². The Morgan fingerprint density at radius 2 is 1.75 bits per heavy atom. The quantitative estimate of drug-likeness (QED) is 0.573. The fourth-order valence-electron chi connectivity index (χ4n) is 3.55. The van der Waals surface area contributed by atoms with Crippen LogP contribution in [0.2, 0.25) is 0 Å². The Bertz CT molecular complexity index is 1190. The predicted molar refractivity (Wildman–Crippen MR) is 119 cm³/mol. The number of rotatable bonds is 4. The summed E-state index contributed by atoms with van der Waals surface area (Å²) in [5, 5.41) is 14.6. The van der Waals surface area contributed by atoms with E-state index >= 15 is 0 Å². The third-order valence-electron chi connectivity index (χ3n) is 5.31. The van der Waals surface area contributed by atoms with Crippen LogP contribution in [-0.2, 0) is 0 Å². The Labute approximate surface area is 183 Å². The minimum atomic E-state index is -1.10. The summed E-state index contributed by atoms with van der Waals surface area (Å²) in [4.78, 5) is 48.6. The van der Waals surface area contributed by atoms with Crippen LogP contribution in [0.25, 0.3) is 11.0 Å². The van der Waals surface area contributed by atoms with Gasteiger partial charge in [-0.3, -0.25) is 9.78 Å². The summed E-state index contributed by atoms with van der Waals surface area (Å²) in [5.74, 6) is -0.619. The van der Waals surface area contributed by atoms with Crippen molar-refractivity contribution < 1.29 is 19.5 Å². The fourth-order valence-corrected chi connectivity index (χ4v) is 3.55. The third-order valence-corrected chi connectivity index (χ3v) is 5.31. The van der Waals surface area contributed by atoms with Crippen LogP contribution in [0.5, 0.6) is 0 Å². The van der Waals surface area contributed by atoms with Crippen LogP contribution in [-0.4, -0.2) is 71.1 Å². The first-order chi connectivity index (χ1) is 15.5. The van der Waals surface area contributed by atoms with E-state index in [1.165, 1.54) is 6.07 Å². The molecule has 1 aromatic heterocycles. The first-order valence-corrected chi connectivity index (χ1v) is 10.1. The minimum absolute atomic E-state index is 0.0436. The van der Waals surface area contributed by atoms with Crippen molar-refractivity contribution in [2.24, 2.45) is 0 Å². The number of carbonyl (C=O) groups is 3. The van der Waals surface area contributed by atoms with Gasteiger partial charge in [0.25, 0.3) is 5.91 Å². The van der Waals surface area contributed by atoms with Gasteiger partial charge in [-0.2, -0.15) is 0 Å². The van der Waals surface area contributed by atoms with Crippen molar-refractivity contribution in [2.45, 2.75) is 0 Å². The summed E-state index contributed by atoms with van der Waals surface area (Å²) >= 11 is 0. The second kappa shape index (κ2) is 8.88. The number of anilines is 2. The maximum atomic E-state index is 12.6. The number of aromatic nitrogens is 2. The van der Waals surface area contributed by atoms with Crippen LogP contribution in [0.15, 0.2) is 48.7 Å². The average Bonchev–Trinajstić information content (AvgIpc) is 2.83. The number of amides is 3. The second-order valence-electron chi connectivity index (χ2n) is 7.27. The van der Waals surface area contributed by atoms with Gasteiger partial charge in [-0.1, -0.05) is 12.1 Å². The van der Waals surface area contributed by atoms with Gasteiger partial charge in [-0.05, 0) is 30.3 Å². The molecule has 0 saturated carbocycles. The number of piperazine rings is 1. The number of urea groups is 1. The molecule has 10 heteroatoms. The highest BCUT2D eigenvalue weighted by atomic mass is 16.4. The molecule has 164 valence electrons. The van der Waals surface area contributed by atoms with E-state index in [2.05, 4.69) is 20.6 Å². The Hall–Kier alpha value is -4.21. The molecule has 0 radical (unpaired) electrons. The molecule has 4 rings (SSSR count). The van der Waals surface area contributed by atoms with Crippen molar-refractivity contribution in [1.29, 1.82) is 0 Å². The molecule has 0 aliphatic carbocycles. The maximum Gasteiger partial charge on any atom is 0.337 e. The highest BCUT2D eigenvalue weighted by Crippen LogP contribution is 2.20. The van der Waals surface area contributed by atoms with E-state index in [4.69, 9.17) is 0 Å². The Morgan fingerprint density at radius 1 is 1.00 bits per heavy atom. The Morgan fingerprint density at radius 3 is 2.47 bits per heavy atom. The lowest BCUT2D eigenvalue weighted by molar-refractivity contribution is 0.0697. The van der Waals surface area contributed by atoms with Gasteiger partial charge < -0.3 is 25.5 Å². The van der Waals surface area contributed by atoms with Crippen molar-refractivity contribution >= 4 is 40.4 Å². The molecule has 3 N–H and O–H groups in total. The number of hydrogen-bond acceptors (Lipinski definition) is 6. The molecule has 1 aliphatic heterocycles. The van der Waals surface area contributed by atoms with Gasteiger partial charge in [-0.25, -0.2) is 14.6 Å². The number of hydrogen-bond donors (Lipinski definition) is 3. The first-order valence-electron chi connectivity index (χ1n) is 10.1. The topological polar surface area (TPSA) is 128 Å². The molecule has 0 atom stereocenters. The van der Waals surface area contributed by atoms with Crippen LogP contribution >= 0.6 is 0 Å². The molecule has 2 heterocycles. The summed E-state index contributed by atoms with van der Waals surface area (Å²) in [6.45, 7) is 1.98. The molecule has 1 fully saturated rings. The molecule has 1 aliphatic rings. The van der Waals surface area contributed by atoms with Crippen LogP contribution in [0.4, 0.5) is 16.3 Å². The van der Waals surface area contributed by atoms with E-state index < -0.39 is 5.97 Å². The molecule has 3 amide bonds. The predicted octanol–water partition coefficient (Wildman–Crippen LogP) is 2.04. The number of para-hydroxylation sites is 1. The standard InChI is InChI=1S/C22H22N6O4/c1-23-20(29)14-6-7-17-18(12-14)25-19(13-24-17)27-8-10-28(11-9-27)22(32)26-16-5-3-2-4-15(16)21(30)31/h2-7,12-13H,8-11H2,1H3,(H,23,29)(H,26,32)(H,30,31). The first kappa shape index (κ1) is 21.0. The molecule has 32 heavy (non-hydrogen) atoms. The number of carboxylic acid groups (broad SMARTS) is 1. The van der Waals surface area contributed by atoms with Crippen LogP contribution < -0.4 is 15.5 Å². The zero-order valence-corrected chi connectivity index (χ0v) is 17.4. The van der Waals surface area contributed by atoms with Gasteiger partial charge in [-0.15, -0.1) is 0 Å². The molecular formula is C22H22N6O4. The number of nitrogens with zero attached hydrogens (tertiary/aromatic N) is 4. The number of benzene rings is 2. The molecule has 3 aromatic rings. The lowest BCUT2D eigenvalue weighted by Crippen LogP contribution is -2.50. The van der Waals surface area contributed by atoms with Crippen molar-refractivity contribution in [3.05, 3.63) is 59.8 Å². The SMILES string of the molecule is CNC(=O)c1ccc2ncc(N3CCN(C(=O)Nc4ccccc4C(=O)O)CC3)nc2c1. The summed E-state index contributed by atoms with van der Waals surface area (Å²) in [6, 6.07) is 11.1. The molecule has 2 aromatic carbocycles. The van der Waals surface area contributed by atoms with Gasteiger partial charge in [0.1, 0.15) is 5.82 Å². The Kier molecular flexibility index (Phi) is 5.84. The maximum absolute atomic E-state index is 12.6. The molecule has 0 unspecified atom stereocenters. The normalized spacial score (nSPS) is 13.7. The molecule has 1 saturated heterocycles. The fraction of sp³-hybridized carbons (Fsp3) is 0.227. The van der Waals surface area contributed by atoms with Gasteiger partial charge in [0.15, 0.2) is 0 Å². The van der Waals surface area contributed by atoms with E-state index in [1.807, 2.05) is 4.90 Å². The lowest BCUT2D eigenvalue weighted by atomic mass is 10.2. The number of fused-ring (bicyclic) bond motifs is 1. The summed E-state index contributed by atoms with van der Waals surface area (Å²) in [6.07, 6.45) is 1.68. The van der Waals surface area contributed by atoms with Gasteiger partial charge in [0.2, 0.25) is 0 Å². The third kappa shape index (κ3) is 4.29. The van der Waals surface area contributed by atoms with E-state index in [-0.39, 0.29) is 23.2 Å². The van der Waals surface area contributed by atoms with Crippen molar-refractivity contribution in [3.8, 4) is 0 Å². The number of aromatic carboxylic acids is 1. The van der Waals surface area contributed by atoms with Gasteiger partial charge in [0, 0.05) is 38.8 Å². The lowest BCUT2D eigenvalue weighted by Gasteiger charge is -2.35. The minimum Gasteiger partial charge on any atom is -0.478 e. The molecule has 0 bridgehead atoms. The highest BCUT2D eigenvalue weighted by Gasteiger charge is 2.23. The summed E-state index contributed by atoms with van der Waals surface area (Å²) in [7, 11) is 1.57. The summed E-state index contributed by atoms with van der Waals surface area (Å²) < 4.78 is 0.